The number of halogens is 1. The van der Waals surface area contributed by atoms with Crippen LogP contribution in [0, 0.1) is 11.7 Å². The van der Waals surface area contributed by atoms with Gasteiger partial charge in [0.15, 0.2) is 0 Å². The SMILES string of the molecule is O=C(CCCCc1ccc(F)cc1)N1CCC(C(=O)N2CCOCC2)CC1. The van der Waals surface area contributed by atoms with Gasteiger partial charge in [-0.2, -0.15) is 0 Å². The maximum Gasteiger partial charge on any atom is 0.225 e. The molecular weight excluding hydrogens is 347 g/mol. The van der Waals surface area contributed by atoms with Crippen LogP contribution in [0.3, 0.4) is 0 Å². The topological polar surface area (TPSA) is 49.9 Å². The van der Waals surface area contributed by atoms with Gasteiger partial charge in [0, 0.05) is 38.5 Å². The second-order valence-corrected chi connectivity index (χ2v) is 7.43. The molecule has 6 heteroatoms. The zero-order valence-electron chi connectivity index (χ0n) is 15.9. The lowest BCUT2D eigenvalue weighted by Crippen LogP contribution is -2.47. The van der Waals surface area contributed by atoms with Crippen LogP contribution < -0.4 is 0 Å². The number of benzene rings is 1. The number of nitrogens with zero attached hydrogens (tertiary/aromatic N) is 2. The number of likely N-dealkylation sites (tertiary alicyclic amines) is 1. The van der Waals surface area contributed by atoms with Crippen molar-refractivity contribution in [3.8, 4) is 0 Å². The number of hydrogen-bond donors (Lipinski definition) is 0. The van der Waals surface area contributed by atoms with Crippen LogP contribution in [0.25, 0.3) is 0 Å². The van der Waals surface area contributed by atoms with Crippen molar-refractivity contribution < 1.29 is 18.7 Å². The molecule has 1 aromatic carbocycles. The fraction of sp³-hybridized carbons (Fsp3) is 0.619. The van der Waals surface area contributed by atoms with Crippen LogP contribution >= 0.6 is 0 Å². The second kappa shape index (κ2) is 9.83. The van der Waals surface area contributed by atoms with Gasteiger partial charge >= 0.3 is 0 Å². The summed E-state index contributed by atoms with van der Waals surface area (Å²) in [6.45, 7) is 3.98. The summed E-state index contributed by atoms with van der Waals surface area (Å²) in [5.41, 5.74) is 1.10. The number of hydrogen-bond acceptors (Lipinski definition) is 3. The Hall–Kier alpha value is -1.95. The number of morpholine rings is 1. The zero-order valence-corrected chi connectivity index (χ0v) is 15.9. The van der Waals surface area contributed by atoms with Crippen LogP contribution in [0.4, 0.5) is 4.39 Å². The van der Waals surface area contributed by atoms with Crippen molar-refractivity contribution in [1.82, 2.24) is 9.80 Å². The Morgan fingerprint density at radius 1 is 0.963 bits per heavy atom. The standard InChI is InChI=1S/C21H29FN2O3/c22-19-7-5-17(6-8-19)3-1-2-4-20(25)23-11-9-18(10-12-23)21(26)24-13-15-27-16-14-24/h5-8,18H,1-4,9-16H2. The molecule has 5 nitrogen and oxygen atoms in total. The van der Waals surface area contributed by atoms with E-state index in [0.29, 0.717) is 45.8 Å². The van der Waals surface area contributed by atoms with E-state index in [1.54, 1.807) is 12.1 Å². The third-order valence-corrected chi connectivity index (χ3v) is 5.54. The molecule has 0 spiro atoms. The summed E-state index contributed by atoms with van der Waals surface area (Å²) in [6.07, 6.45) is 4.69. The zero-order chi connectivity index (χ0) is 19.1. The first-order chi connectivity index (χ1) is 13.1. The molecule has 0 bridgehead atoms. The summed E-state index contributed by atoms with van der Waals surface area (Å²) in [5.74, 6) is 0.242. The molecule has 1 aromatic rings. The highest BCUT2D eigenvalue weighted by atomic mass is 19.1. The molecule has 0 aliphatic carbocycles. The monoisotopic (exact) mass is 376 g/mol. The minimum atomic E-state index is -0.218. The van der Waals surface area contributed by atoms with Crippen LogP contribution in [0.1, 0.15) is 37.7 Å². The maximum absolute atomic E-state index is 12.9. The van der Waals surface area contributed by atoms with Crippen molar-refractivity contribution in [2.45, 2.75) is 38.5 Å². The van der Waals surface area contributed by atoms with E-state index >= 15 is 0 Å². The lowest BCUT2D eigenvalue weighted by Gasteiger charge is -2.35. The first-order valence-corrected chi connectivity index (χ1v) is 10.0. The van der Waals surface area contributed by atoms with Crippen LogP contribution in [0.15, 0.2) is 24.3 Å². The number of aryl methyl sites for hydroxylation is 1. The van der Waals surface area contributed by atoms with Crippen molar-refractivity contribution in [3.63, 3.8) is 0 Å². The van der Waals surface area contributed by atoms with Crippen LogP contribution in [0.5, 0.6) is 0 Å². The Morgan fingerprint density at radius 3 is 2.30 bits per heavy atom. The van der Waals surface area contributed by atoms with E-state index < -0.39 is 0 Å². The summed E-state index contributed by atoms with van der Waals surface area (Å²) < 4.78 is 18.2. The first-order valence-electron chi connectivity index (χ1n) is 10.0. The molecule has 27 heavy (non-hydrogen) atoms. The number of carbonyl (C=O) groups excluding carboxylic acids is 2. The summed E-state index contributed by atoms with van der Waals surface area (Å²) in [7, 11) is 0. The Balaban J connectivity index is 1.33. The van der Waals surface area contributed by atoms with Gasteiger partial charge in [0.2, 0.25) is 11.8 Å². The molecule has 0 saturated carbocycles. The van der Waals surface area contributed by atoms with E-state index in [4.69, 9.17) is 4.74 Å². The fourth-order valence-corrected chi connectivity index (χ4v) is 3.83. The number of piperidine rings is 1. The molecule has 2 heterocycles. The largest absolute Gasteiger partial charge is 0.378 e. The van der Waals surface area contributed by atoms with Gasteiger partial charge < -0.3 is 14.5 Å². The number of rotatable bonds is 6. The van der Waals surface area contributed by atoms with Gasteiger partial charge in [-0.1, -0.05) is 12.1 Å². The molecule has 3 rings (SSSR count). The molecule has 2 fully saturated rings. The first kappa shape index (κ1) is 19.8. The molecule has 2 aliphatic rings. The van der Waals surface area contributed by atoms with Crippen molar-refractivity contribution in [3.05, 3.63) is 35.6 Å². The molecule has 0 aromatic heterocycles. The summed E-state index contributed by atoms with van der Waals surface area (Å²) in [5, 5.41) is 0. The molecule has 2 saturated heterocycles. The third-order valence-electron chi connectivity index (χ3n) is 5.54. The van der Waals surface area contributed by atoms with Gasteiger partial charge in [-0.3, -0.25) is 9.59 Å². The summed E-state index contributed by atoms with van der Waals surface area (Å²) in [6, 6.07) is 6.55. The fourth-order valence-electron chi connectivity index (χ4n) is 3.83. The smallest absolute Gasteiger partial charge is 0.225 e. The minimum absolute atomic E-state index is 0.0469. The molecule has 0 atom stereocenters. The third kappa shape index (κ3) is 5.76. The second-order valence-electron chi connectivity index (χ2n) is 7.43. The highest BCUT2D eigenvalue weighted by Gasteiger charge is 2.30. The van der Waals surface area contributed by atoms with E-state index in [1.165, 1.54) is 12.1 Å². The van der Waals surface area contributed by atoms with E-state index in [0.717, 1.165) is 37.7 Å². The Labute approximate surface area is 160 Å². The van der Waals surface area contributed by atoms with Crippen LogP contribution in [-0.2, 0) is 20.7 Å². The lowest BCUT2D eigenvalue weighted by atomic mass is 9.94. The van der Waals surface area contributed by atoms with E-state index in [1.807, 2.05) is 9.80 Å². The minimum Gasteiger partial charge on any atom is -0.378 e. The predicted octanol–water partition coefficient (Wildman–Crippen LogP) is 2.64. The highest BCUT2D eigenvalue weighted by Crippen LogP contribution is 2.21. The Morgan fingerprint density at radius 2 is 1.63 bits per heavy atom. The summed E-state index contributed by atoms with van der Waals surface area (Å²) in [4.78, 5) is 28.7. The van der Waals surface area contributed by atoms with Crippen molar-refractivity contribution in [1.29, 1.82) is 0 Å². The van der Waals surface area contributed by atoms with Gasteiger partial charge in [0.25, 0.3) is 0 Å². The highest BCUT2D eigenvalue weighted by molar-refractivity contribution is 5.80. The predicted molar refractivity (Wildman–Crippen MR) is 101 cm³/mol. The normalized spacial score (nSPS) is 18.6. The van der Waals surface area contributed by atoms with Crippen molar-refractivity contribution >= 4 is 11.8 Å². The van der Waals surface area contributed by atoms with Gasteiger partial charge in [-0.25, -0.2) is 4.39 Å². The molecule has 0 N–H and O–H groups in total. The van der Waals surface area contributed by atoms with E-state index in [9.17, 15) is 14.0 Å². The number of unbranched alkanes of at least 4 members (excludes halogenated alkanes) is 1. The quantitative estimate of drug-likeness (QED) is 0.717. The average molecular weight is 376 g/mol. The Kier molecular flexibility index (Phi) is 7.21. The molecule has 0 unspecified atom stereocenters. The van der Waals surface area contributed by atoms with Crippen molar-refractivity contribution in [2.75, 3.05) is 39.4 Å². The molecule has 2 amide bonds. The van der Waals surface area contributed by atoms with Gasteiger partial charge in [-0.15, -0.1) is 0 Å². The van der Waals surface area contributed by atoms with Gasteiger partial charge in [-0.05, 0) is 49.8 Å². The molecule has 2 aliphatic heterocycles. The maximum atomic E-state index is 12.9. The number of ether oxygens (including phenoxy) is 1. The Bertz CT molecular complexity index is 621. The summed E-state index contributed by atoms with van der Waals surface area (Å²) >= 11 is 0. The van der Waals surface area contributed by atoms with E-state index in [2.05, 4.69) is 0 Å². The molecule has 148 valence electrons. The number of carbonyl (C=O) groups is 2. The lowest BCUT2D eigenvalue weighted by molar-refractivity contribution is -0.143. The number of amides is 2. The van der Waals surface area contributed by atoms with Gasteiger partial charge in [0.05, 0.1) is 13.2 Å². The van der Waals surface area contributed by atoms with Crippen molar-refractivity contribution in [2.24, 2.45) is 5.92 Å². The van der Waals surface area contributed by atoms with Crippen LogP contribution in [-0.4, -0.2) is 61.0 Å². The van der Waals surface area contributed by atoms with Crippen LogP contribution in [0.2, 0.25) is 0 Å². The van der Waals surface area contributed by atoms with E-state index in [-0.39, 0.29) is 23.5 Å². The molecular formula is C21H29FN2O3. The molecule has 0 radical (unpaired) electrons. The average Bonchev–Trinajstić information content (AvgIpc) is 2.72. The van der Waals surface area contributed by atoms with Gasteiger partial charge in [0.1, 0.15) is 5.82 Å².